The second-order valence-corrected chi connectivity index (χ2v) is 10.3. The molecule has 0 radical (unpaired) electrons. The number of pyridine rings is 1. The van der Waals surface area contributed by atoms with Crippen molar-refractivity contribution in [1.29, 1.82) is 0 Å². The summed E-state index contributed by atoms with van der Waals surface area (Å²) < 4.78 is 12.7. The molecular formula is C31H28BNO2. The molecule has 3 nitrogen and oxygen atoms in total. The highest BCUT2D eigenvalue weighted by molar-refractivity contribution is 6.62. The first-order chi connectivity index (χ1) is 16.9. The number of benzene rings is 4. The minimum Gasteiger partial charge on any atom is -0.399 e. The molecule has 6 rings (SSSR count). The maximum Gasteiger partial charge on any atom is 0.496 e. The van der Waals surface area contributed by atoms with Crippen LogP contribution in [0.2, 0.25) is 0 Å². The average molecular weight is 457 g/mol. The van der Waals surface area contributed by atoms with E-state index in [1.54, 1.807) is 0 Å². The second kappa shape index (κ2) is 8.05. The Bertz CT molecular complexity index is 1490. The molecule has 4 aromatic carbocycles. The fourth-order valence-electron chi connectivity index (χ4n) is 5.06. The minimum absolute atomic E-state index is 0.398. The molecule has 1 saturated heterocycles. The van der Waals surface area contributed by atoms with Crippen molar-refractivity contribution in [2.45, 2.75) is 38.9 Å². The Kier molecular flexibility index (Phi) is 5.06. The van der Waals surface area contributed by atoms with E-state index in [1.165, 1.54) is 38.2 Å². The van der Waals surface area contributed by atoms with Gasteiger partial charge in [0.05, 0.1) is 11.2 Å². The van der Waals surface area contributed by atoms with Gasteiger partial charge in [-0.25, -0.2) is 0 Å². The van der Waals surface area contributed by atoms with E-state index in [9.17, 15) is 0 Å². The summed E-state index contributed by atoms with van der Waals surface area (Å²) in [5.74, 6) is 0. The molecule has 35 heavy (non-hydrogen) atoms. The van der Waals surface area contributed by atoms with Crippen LogP contribution in [0.4, 0.5) is 0 Å². The molecule has 0 bridgehead atoms. The Balaban J connectivity index is 1.60. The summed E-state index contributed by atoms with van der Waals surface area (Å²) in [6.07, 6.45) is 3.81. The zero-order valence-electron chi connectivity index (χ0n) is 20.6. The molecule has 2 heterocycles. The molecule has 0 unspecified atom stereocenters. The van der Waals surface area contributed by atoms with Gasteiger partial charge in [-0.05, 0) is 65.9 Å². The first kappa shape index (κ1) is 22.0. The molecule has 0 spiro atoms. The highest BCUT2D eigenvalue weighted by Gasteiger charge is 2.51. The van der Waals surface area contributed by atoms with Gasteiger partial charge in [0, 0.05) is 23.4 Å². The van der Waals surface area contributed by atoms with Gasteiger partial charge in [-0.3, -0.25) is 4.98 Å². The lowest BCUT2D eigenvalue weighted by molar-refractivity contribution is 0.00578. The van der Waals surface area contributed by atoms with Crippen LogP contribution in [0, 0.1) is 0 Å². The average Bonchev–Trinajstić information content (AvgIpc) is 3.09. The van der Waals surface area contributed by atoms with Crippen LogP contribution < -0.4 is 5.46 Å². The molecule has 0 saturated carbocycles. The van der Waals surface area contributed by atoms with Gasteiger partial charge in [0.15, 0.2) is 0 Å². The Morgan fingerprint density at radius 3 is 1.54 bits per heavy atom. The van der Waals surface area contributed by atoms with Crippen LogP contribution in [-0.2, 0) is 9.31 Å². The zero-order valence-corrected chi connectivity index (χ0v) is 20.6. The van der Waals surface area contributed by atoms with E-state index in [0.717, 1.165) is 11.0 Å². The fourth-order valence-corrected chi connectivity index (χ4v) is 5.06. The Morgan fingerprint density at radius 2 is 1.03 bits per heavy atom. The molecule has 1 aliphatic rings. The second-order valence-electron chi connectivity index (χ2n) is 10.3. The standard InChI is InChI=1S/C31H28BNO2/c1-30(2)31(3,4)35-32(34-30)23-18-22(19-33-20-23)29-26-16-10-8-14-24(26)28(21-12-6-5-7-13-21)25-15-9-11-17-27(25)29/h5-20H,1-4H3. The van der Waals surface area contributed by atoms with Crippen LogP contribution >= 0.6 is 0 Å². The summed E-state index contributed by atoms with van der Waals surface area (Å²) in [5.41, 5.74) is 4.85. The predicted octanol–water partition coefficient (Wildman–Crippen LogP) is 7.02. The van der Waals surface area contributed by atoms with Crippen LogP contribution in [0.5, 0.6) is 0 Å². The molecule has 4 heteroatoms. The van der Waals surface area contributed by atoms with Crippen molar-refractivity contribution < 1.29 is 9.31 Å². The molecule has 172 valence electrons. The van der Waals surface area contributed by atoms with Gasteiger partial charge >= 0.3 is 7.12 Å². The third-order valence-corrected chi connectivity index (χ3v) is 7.57. The van der Waals surface area contributed by atoms with E-state index in [1.807, 2.05) is 12.4 Å². The van der Waals surface area contributed by atoms with Gasteiger partial charge in [0.25, 0.3) is 0 Å². The van der Waals surface area contributed by atoms with Crippen LogP contribution in [-0.4, -0.2) is 23.3 Å². The first-order valence-corrected chi connectivity index (χ1v) is 12.2. The summed E-state index contributed by atoms with van der Waals surface area (Å²) in [6, 6.07) is 30.1. The van der Waals surface area contributed by atoms with Gasteiger partial charge in [-0.2, -0.15) is 0 Å². The van der Waals surface area contributed by atoms with Crippen molar-refractivity contribution in [3.05, 3.63) is 97.3 Å². The zero-order chi connectivity index (χ0) is 24.2. The summed E-state index contributed by atoms with van der Waals surface area (Å²) >= 11 is 0. The van der Waals surface area contributed by atoms with Gasteiger partial charge in [-0.1, -0.05) is 84.9 Å². The van der Waals surface area contributed by atoms with Gasteiger partial charge in [-0.15, -0.1) is 0 Å². The third kappa shape index (κ3) is 3.56. The molecule has 0 atom stereocenters. The summed E-state index contributed by atoms with van der Waals surface area (Å²) in [5, 5.41) is 4.87. The van der Waals surface area contributed by atoms with Crippen LogP contribution in [0.3, 0.4) is 0 Å². The molecule has 1 aliphatic heterocycles. The van der Waals surface area contributed by atoms with E-state index < -0.39 is 18.3 Å². The molecule has 0 N–H and O–H groups in total. The largest absolute Gasteiger partial charge is 0.496 e. The lowest BCUT2D eigenvalue weighted by Crippen LogP contribution is -2.41. The predicted molar refractivity (Wildman–Crippen MR) is 146 cm³/mol. The lowest BCUT2D eigenvalue weighted by atomic mass is 9.78. The molecule has 0 amide bonds. The number of fused-ring (bicyclic) bond motifs is 2. The number of aromatic nitrogens is 1. The van der Waals surface area contributed by atoms with Crippen LogP contribution in [0.15, 0.2) is 97.3 Å². The van der Waals surface area contributed by atoms with E-state index in [2.05, 4.69) is 118 Å². The van der Waals surface area contributed by atoms with E-state index >= 15 is 0 Å². The summed E-state index contributed by atoms with van der Waals surface area (Å²) in [6.45, 7) is 8.31. The van der Waals surface area contributed by atoms with E-state index in [4.69, 9.17) is 9.31 Å². The fraction of sp³-hybridized carbons (Fsp3) is 0.194. The Labute approximate surface area is 206 Å². The quantitative estimate of drug-likeness (QED) is 0.216. The maximum absolute atomic E-state index is 6.33. The van der Waals surface area contributed by atoms with Crippen molar-refractivity contribution in [2.24, 2.45) is 0 Å². The van der Waals surface area contributed by atoms with Crippen molar-refractivity contribution in [2.75, 3.05) is 0 Å². The van der Waals surface area contributed by atoms with E-state index in [-0.39, 0.29) is 0 Å². The molecule has 1 fully saturated rings. The molecule has 5 aromatic rings. The van der Waals surface area contributed by atoms with Crippen molar-refractivity contribution in [3.63, 3.8) is 0 Å². The van der Waals surface area contributed by atoms with Crippen LogP contribution in [0.25, 0.3) is 43.8 Å². The minimum atomic E-state index is -0.450. The van der Waals surface area contributed by atoms with Crippen molar-refractivity contribution in [1.82, 2.24) is 4.98 Å². The highest BCUT2D eigenvalue weighted by Crippen LogP contribution is 2.43. The summed E-state index contributed by atoms with van der Waals surface area (Å²) in [7, 11) is -0.450. The molecule has 0 aliphatic carbocycles. The third-order valence-electron chi connectivity index (χ3n) is 7.57. The first-order valence-electron chi connectivity index (χ1n) is 12.2. The van der Waals surface area contributed by atoms with Gasteiger partial charge < -0.3 is 9.31 Å². The highest BCUT2D eigenvalue weighted by atomic mass is 16.7. The van der Waals surface area contributed by atoms with Gasteiger partial charge in [0.1, 0.15) is 0 Å². The Morgan fingerprint density at radius 1 is 0.571 bits per heavy atom. The summed E-state index contributed by atoms with van der Waals surface area (Å²) in [4.78, 5) is 4.64. The number of nitrogens with zero attached hydrogens (tertiary/aromatic N) is 1. The number of hydrogen-bond acceptors (Lipinski definition) is 3. The molecular weight excluding hydrogens is 429 g/mol. The topological polar surface area (TPSA) is 31.4 Å². The SMILES string of the molecule is CC1(C)OB(c2cncc(-c3c4ccccc4c(-c4ccccc4)c4ccccc34)c2)OC1(C)C. The number of hydrogen-bond donors (Lipinski definition) is 0. The van der Waals surface area contributed by atoms with E-state index in [0.29, 0.717) is 0 Å². The lowest BCUT2D eigenvalue weighted by Gasteiger charge is -2.32. The maximum atomic E-state index is 6.33. The Hall–Kier alpha value is -3.47. The van der Waals surface area contributed by atoms with Gasteiger partial charge in [0.2, 0.25) is 0 Å². The number of rotatable bonds is 3. The monoisotopic (exact) mass is 457 g/mol. The smallest absolute Gasteiger partial charge is 0.399 e. The van der Waals surface area contributed by atoms with Crippen molar-refractivity contribution >= 4 is 34.1 Å². The molecule has 1 aromatic heterocycles. The normalized spacial score (nSPS) is 16.7. The van der Waals surface area contributed by atoms with Crippen molar-refractivity contribution in [3.8, 4) is 22.3 Å². The van der Waals surface area contributed by atoms with Crippen LogP contribution in [0.1, 0.15) is 27.7 Å².